The molecule has 2 aliphatic rings. The van der Waals surface area contributed by atoms with Crippen LogP contribution in [0, 0.1) is 5.41 Å². The molecule has 2 aliphatic heterocycles. The van der Waals surface area contributed by atoms with Crippen LogP contribution in [-0.2, 0) is 25.6 Å². The van der Waals surface area contributed by atoms with Crippen LogP contribution in [0.5, 0.6) is 5.75 Å². The molecule has 0 aliphatic carbocycles. The molecular formula is C40H49N7O7. The van der Waals surface area contributed by atoms with Crippen LogP contribution in [0.2, 0.25) is 0 Å². The van der Waals surface area contributed by atoms with Crippen molar-refractivity contribution >= 4 is 35.7 Å². The van der Waals surface area contributed by atoms with E-state index in [4.69, 9.17) is 39.2 Å². The van der Waals surface area contributed by atoms with Gasteiger partial charge in [-0.3, -0.25) is 0 Å². The van der Waals surface area contributed by atoms with Crippen LogP contribution in [0.25, 0.3) is 11.4 Å². The first-order valence-electron chi connectivity index (χ1n) is 18.5. The second kappa shape index (κ2) is 18.0. The Morgan fingerprint density at radius 1 is 0.981 bits per heavy atom. The molecule has 1 aromatic heterocycles. The Morgan fingerprint density at radius 2 is 1.74 bits per heavy atom. The molecule has 3 aromatic carbocycles. The molecule has 3 N–H and O–H groups in total. The topological polar surface area (TPSA) is 162 Å². The van der Waals surface area contributed by atoms with Crippen LogP contribution in [-0.4, -0.2) is 71.4 Å². The van der Waals surface area contributed by atoms with Crippen LogP contribution < -0.4 is 20.3 Å². The summed E-state index contributed by atoms with van der Waals surface area (Å²) in [6.45, 7) is 7.35. The fourth-order valence-electron chi connectivity index (χ4n) is 6.10. The summed E-state index contributed by atoms with van der Waals surface area (Å²) >= 11 is 0. The molecule has 0 radical (unpaired) electrons. The standard InChI is InChI=1S/C40H49N7O7/c1-40(2,3)54-39(49)46(31-17-20-33(30(25-31)26-41)43-34-13-7-9-22-51-34)37-44-36(47(45-37)35-14-8-10-23-52-35)29-15-18-32(19-16-29)50-24-21-42-38(48)53-27-28-11-5-4-6-12-28/h4-6,11-12,15-20,25-26,34-35,41,43H,7-10,13-14,21-24,27H2,1-3H3,(H,42,48). The number of nitrogens with one attached hydrogen (secondary N) is 3. The predicted octanol–water partition coefficient (Wildman–Crippen LogP) is 7.96. The summed E-state index contributed by atoms with van der Waals surface area (Å²) in [4.78, 5) is 32.3. The van der Waals surface area contributed by atoms with Gasteiger partial charge in [0.05, 0.1) is 12.2 Å². The number of aromatic nitrogens is 3. The van der Waals surface area contributed by atoms with Gasteiger partial charge in [-0.2, -0.15) is 4.98 Å². The van der Waals surface area contributed by atoms with Crippen LogP contribution in [0.15, 0.2) is 72.8 Å². The highest BCUT2D eigenvalue weighted by molar-refractivity contribution is 5.97. The SMILES string of the molecule is CC(C)(C)OC(=O)N(c1ccc(NC2CCCCO2)c(C=N)c1)c1nc(-c2ccc(OCCNC(=O)OCc3ccccc3)cc2)n(C2CCCCO2)n1. The van der Waals surface area contributed by atoms with Gasteiger partial charge in [0.1, 0.15) is 30.8 Å². The molecular weight excluding hydrogens is 690 g/mol. The highest BCUT2D eigenvalue weighted by Gasteiger charge is 2.32. The van der Waals surface area contributed by atoms with E-state index in [-0.39, 0.29) is 31.9 Å². The summed E-state index contributed by atoms with van der Waals surface area (Å²) in [5.41, 5.74) is 2.57. The molecule has 2 saturated heterocycles. The van der Waals surface area contributed by atoms with Crippen molar-refractivity contribution in [3.63, 3.8) is 0 Å². The quantitative estimate of drug-likeness (QED) is 0.0906. The zero-order chi connectivity index (χ0) is 37.9. The van der Waals surface area contributed by atoms with Crippen LogP contribution in [0.3, 0.4) is 0 Å². The Hall–Kier alpha value is -5.47. The van der Waals surface area contributed by atoms with Crippen molar-refractivity contribution in [1.29, 1.82) is 5.41 Å². The molecule has 286 valence electrons. The number of ether oxygens (including phenoxy) is 5. The van der Waals surface area contributed by atoms with Gasteiger partial charge in [0.15, 0.2) is 12.1 Å². The summed E-state index contributed by atoms with van der Waals surface area (Å²) in [6, 6.07) is 22.2. The first-order chi connectivity index (χ1) is 26.2. The monoisotopic (exact) mass is 739 g/mol. The Balaban J connectivity index is 1.21. The van der Waals surface area contributed by atoms with Crippen molar-refractivity contribution in [1.82, 2.24) is 20.1 Å². The van der Waals surface area contributed by atoms with Gasteiger partial charge in [0.2, 0.25) is 0 Å². The van der Waals surface area contributed by atoms with E-state index in [2.05, 4.69) is 10.6 Å². The number of alkyl carbamates (subject to hydrolysis) is 1. The van der Waals surface area contributed by atoms with Crippen molar-refractivity contribution in [3.8, 4) is 17.1 Å². The molecule has 3 heterocycles. The summed E-state index contributed by atoms with van der Waals surface area (Å²) in [6.07, 6.45) is 5.10. The molecule has 2 fully saturated rings. The van der Waals surface area contributed by atoms with Crippen molar-refractivity contribution in [2.45, 2.75) is 84.0 Å². The number of amides is 2. The maximum atomic E-state index is 13.9. The highest BCUT2D eigenvalue weighted by atomic mass is 16.6. The average molecular weight is 740 g/mol. The van der Waals surface area contributed by atoms with E-state index >= 15 is 0 Å². The van der Waals surface area contributed by atoms with Gasteiger partial charge in [-0.15, -0.1) is 5.10 Å². The van der Waals surface area contributed by atoms with E-state index in [1.165, 1.54) is 11.1 Å². The molecule has 6 rings (SSSR count). The Labute approximate surface area is 315 Å². The van der Waals surface area contributed by atoms with Crippen molar-refractivity contribution in [2.24, 2.45) is 0 Å². The molecule has 0 saturated carbocycles. The van der Waals surface area contributed by atoms with Crippen LogP contribution in [0.4, 0.5) is 26.9 Å². The second-order valence-electron chi connectivity index (χ2n) is 14.1. The second-order valence-corrected chi connectivity index (χ2v) is 14.1. The zero-order valence-corrected chi connectivity index (χ0v) is 31.1. The van der Waals surface area contributed by atoms with Gasteiger partial charge in [0.25, 0.3) is 5.95 Å². The van der Waals surface area contributed by atoms with E-state index < -0.39 is 24.0 Å². The third kappa shape index (κ3) is 10.4. The van der Waals surface area contributed by atoms with Gasteiger partial charge in [-0.1, -0.05) is 30.3 Å². The summed E-state index contributed by atoms with van der Waals surface area (Å²) < 4.78 is 30.7. The minimum Gasteiger partial charge on any atom is -0.492 e. The lowest BCUT2D eigenvalue weighted by molar-refractivity contribution is -0.0384. The largest absolute Gasteiger partial charge is 0.492 e. The number of nitrogens with zero attached hydrogens (tertiary/aromatic N) is 4. The molecule has 54 heavy (non-hydrogen) atoms. The maximum Gasteiger partial charge on any atom is 0.421 e. The van der Waals surface area contributed by atoms with E-state index in [9.17, 15) is 9.59 Å². The van der Waals surface area contributed by atoms with Crippen LogP contribution >= 0.6 is 0 Å². The number of benzene rings is 3. The van der Waals surface area contributed by atoms with Gasteiger partial charge < -0.3 is 39.7 Å². The van der Waals surface area contributed by atoms with E-state index in [0.29, 0.717) is 36.0 Å². The highest BCUT2D eigenvalue weighted by Crippen LogP contribution is 2.34. The molecule has 4 aromatic rings. The number of carbonyl (C=O) groups excluding carboxylic acids is 2. The van der Waals surface area contributed by atoms with Crippen molar-refractivity contribution in [3.05, 3.63) is 83.9 Å². The smallest absolute Gasteiger partial charge is 0.421 e. The van der Waals surface area contributed by atoms with E-state index in [1.54, 1.807) is 37.6 Å². The fourth-order valence-corrected chi connectivity index (χ4v) is 6.10. The van der Waals surface area contributed by atoms with Crippen molar-refractivity contribution < 1.29 is 33.3 Å². The van der Waals surface area contributed by atoms with Gasteiger partial charge in [0, 0.05) is 36.2 Å². The summed E-state index contributed by atoms with van der Waals surface area (Å²) in [7, 11) is 0. The Morgan fingerprint density at radius 3 is 2.43 bits per heavy atom. The number of anilines is 3. The third-order valence-electron chi connectivity index (χ3n) is 8.74. The van der Waals surface area contributed by atoms with Gasteiger partial charge in [-0.05, 0) is 107 Å². The molecule has 14 nitrogen and oxygen atoms in total. The molecule has 14 heteroatoms. The minimum atomic E-state index is -0.800. The molecule has 2 amide bonds. The number of carbonyl (C=O) groups is 2. The Bertz CT molecular complexity index is 1850. The van der Waals surface area contributed by atoms with Crippen LogP contribution in [0.1, 0.15) is 76.7 Å². The number of rotatable bonds is 13. The van der Waals surface area contributed by atoms with Gasteiger partial charge >= 0.3 is 12.2 Å². The molecule has 0 spiro atoms. The third-order valence-corrected chi connectivity index (χ3v) is 8.74. The molecule has 0 bridgehead atoms. The lowest BCUT2D eigenvalue weighted by Gasteiger charge is -2.27. The van der Waals surface area contributed by atoms with E-state index in [0.717, 1.165) is 55.3 Å². The van der Waals surface area contributed by atoms with Crippen molar-refractivity contribution in [2.75, 3.05) is 36.6 Å². The molecule has 2 unspecified atom stereocenters. The number of hydrogen-bond donors (Lipinski definition) is 3. The lowest BCUT2D eigenvalue weighted by Crippen LogP contribution is -2.34. The first kappa shape index (κ1) is 38.3. The number of hydrogen-bond acceptors (Lipinski definition) is 11. The van der Waals surface area contributed by atoms with E-state index in [1.807, 2.05) is 60.7 Å². The predicted molar refractivity (Wildman–Crippen MR) is 204 cm³/mol. The normalized spacial score (nSPS) is 17.2. The fraction of sp³-hybridized carbons (Fsp3) is 0.425. The maximum absolute atomic E-state index is 13.9. The molecule has 2 atom stereocenters. The summed E-state index contributed by atoms with van der Waals surface area (Å²) in [5.74, 6) is 1.20. The summed E-state index contributed by atoms with van der Waals surface area (Å²) in [5, 5.41) is 19.2. The van der Waals surface area contributed by atoms with Gasteiger partial charge in [-0.25, -0.2) is 19.2 Å². The zero-order valence-electron chi connectivity index (χ0n) is 31.1. The first-order valence-corrected chi connectivity index (χ1v) is 18.5. The minimum absolute atomic E-state index is 0.103. The average Bonchev–Trinajstić information content (AvgIpc) is 3.62. The lowest BCUT2D eigenvalue weighted by atomic mass is 10.1. The Kier molecular flexibility index (Phi) is 12.8.